The largest absolute Gasteiger partial charge is 0.364 e. The highest BCUT2D eigenvalue weighted by molar-refractivity contribution is 7.71. The van der Waals surface area contributed by atoms with Crippen LogP contribution in [0.3, 0.4) is 0 Å². The molecule has 3 nitrogen and oxygen atoms in total. The molecule has 0 atom stereocenters. The van der Waals surface area contributed by atoms with E-state index < -0.39 is 0 Å². The summed E-state index contributed by atoms with van der Waals surface area (Å²) in [5, 5.41) is 2.45. The Hall–Kier alpha value is -0.640. The van der Waals surface area contributed by atoms with Crippen molar-refractivity contribution in [1.29, 1.82) is 0 Å². The highest BCUT2D eigenvalue weighted by Crippen LogP contribution is 1.91. The lowest BCUT2D eigenvalue weighted by Crippen LogP contribution is -1.74. The van der Waals surface area contributed by atoms with Crippen LogP contribution in [0.1, 0.15) is 12.8 Å². The molecule has 4 heteroatoms. The van der Waals surface area contributed by atoms with Crippen molar-refractivity contribution in [2.24, 2.45) is 0 Å². The molecule has 0 spiro atoms. The molecule has 0 saturated carbocycles. The van der Waals surface area contributed by atoms with Gasteiger partial charge >= 0.3 is 0 Å². The maximum atomic E-state index is 4.77. The van der Waals surface area contributed by atoms with E-state index in [0.717, 1.165) is 6.42 Å². The topological polar surface area (TPSA) is 41.8 Å². The molecule has 0 aromatic carbocycles. The molecule has 0 aliphatic carbocycles. The van der Waals surface area contributed by atoms with Crippen LogP contribution >= 0.6 is 12.2 Å². The lowest BCUT2D eigenvalue weighted by Gasteiger charge is -1.75. The minimum absolute atomic E-state index is 0.418. The summed E-state index contributed by atoms with van der Waals surface area (Å²) in [6.45, 7) is 1.95. The molecule has 1 rings (SSSR count). The number of hydrogen-bond acceptors (Lipinski definition) is 3. The summed E-state index contributed by atoms with van der Waals surface area (Å²) in [6, 6.07) is 0. The summed E-state index contributed by atoms with van der Waals surface area (Å²) in [6.07, 6.45) is 0.785. The zero-order chi connectivity index (χ0) is 5.98. The van der Waals surface area contributed by atoms with Crippen LogP contribution in [0.4, 0.5) is 0 Å². The standard InChI is InChI=1S/C4H6N2OS/c1-2-3-5-4(8)6-7-3/h2H2,1H3,(H,6,8). The number of nitrogens with one attached hydrogen (secondary N) is 1. The van der Waals surface area contributed by atoms with Crippen molar-refractivity contribution in [1.82, 2.24) is 10.1 Å². The minimum atomic E-state index is 0.418. The predicted molar refractivity (Wildman–Crippen MR) is 31.1 cm³/mol. The maximum absolute atomic E-state index is 4.77. The van der Waals surface area contributed by atoms with E-state index in [1.54, 1.807) is 0 Å². The Morgan fingerprint density at radius 2 is 2.62 bits per heavy atom. The van der Waals surface area contributed by atoms with Gasteiger partial charge in [0.1, 0.15) is 0 Å². The van der Waals surface area contributed by atoms with Gasteiger partial charge in [-0.2, -0.15) is 10.1 Å². The highest BCUT2D eigenvalue weighted by atomic mass is 32.1. The number of aromatic amines is 1. The van der Waals surface area contributed by atoms with Gasteiger partial charge in [0.05, 0.1) is 0 Å². The number of aromatic nitrogens is 2. The fourth-order valence-electron chi connectivity index (χ4n) is 0.413. The minimum Gasteiger partial charge on any atom is -0.364 e. The fourth-order valence-corrected chi connectivity index (χ4v) is 0.556. The molecule has 0 fully saturated rings. The zero-order valence-corrected chi connectivity index (χ0v) is 5.29. The van der Waals surface area contributed by atoms with Gasteiger partial charge in [-0.05, 0) is 12.2 Å². The van der Waals surface area contributed by atoms with E-state index >= 15 is 0 Å². The lowest BCUT2D eigenvalue weighted by molar-refractivity contribution is 0.380. The SMILES string of the molecule is CCc1nc(=S)[nH]o1. The molecule has 1 heterocycles. The summed E-state index contributed by atoms with van der Waals surface area (Å²) in [5.41, 5.74) is 0. The van der Waals surface area contributed by atoms with Crippen LogP contribution < -0.4 is 0 Å². The first kappa shape index (κ1) is 5.50. The number of aryl methyl sites for hydroxylation is 1. The van der Waals surface area contributed by atoms with Crippen LogP contribution in [0, 0.1) is 4.77 Å². The number of rotatable bonds is 1. The van der Waals surface area contributed by atoms with Crippen LogP contribution in [0.25, 0.3) is 0 Å². The molecular weight excluding hydrogens is 124 g/mol. The first-order chi connectivity index (χ1) is 3.83. The normalized spacial score (nSPS) is 9.62. The summed E-state index contributed by atoms with van der Waals surface area (Å²) < 4.78 is 5.19. The lowest BCUT2D eigenvalue weighted by atomic mass is 10.5. The molecule has 0 radical (unpaired) electrons. The maximum Gasteiger partial charge on any atom is 0.229 e. The van der Waals surface area contributed by atoms with Crippen molar-refractivity contribution in [3.63, 3.8) is 0 Å². The monoisotopic (exact) mass is 130 g/mol. The first-order valence-corrected chi connectivity index (χ1v) is 2.78. The van der Waals surface area contributed by atoms with Gasteiger partial charge in [0.15, 0.2) is 0 Å². The average Bonchev–Trinajstić information content (AvgIpc) is 2.14. The van der Waals surface area contributed by atoms with Crippen molar-refractivity contribution in [2.45, 2.75) is 13.3 Å². The van der Waals surface area contributed by atoms with Gasteiger partial charge in [0, 0.05) is 6.42 Å². The van der Waals surface area contributed by atoms with E-state index in [1.807, 2.05) is 6.92 Å². The summed E-state index contributed by atoms with van der Waals surface area (Å²) in [4.78, 5) is 3.82. The number of hydrogen-bond donors (Lipinski definition) is 1. The quantitative estimate of drug-likeness (QED) is 0.582. The molecule has 1 N–H and O–H groups in total. The van der Waals surface area contributed by atoms with Gasteiger partial charge in [0.2, 0.25) is 10.7 Å². The van der Waals surface area contributed by atoms with Crippen LogP contribution in [-0.2, 0) is 6.42 Å². The van der Waals surface area contributed by atoms with Crippen LogP contribution in [0.2, 0.25) is 0 Å². The van der Waals surface area contributed by atoms with Crippen molar-refractivity contribution < 1.29 is 4.52 Å². The Morgan fingerprint density at radius 3 is 2.88 bits per heavy atom. The van der Waals surface area contributed by atoms with Crippen molar-refractivity contribution in [3.05, 3.63) is 10.7 Å². The van der Waals surface area contributed by atoms with Crippen LogP contribution in [0.15, 0.2) is 4.52 Å². The van der Waals surface area contributed by atoms with E-state index in [2.05, 4.69) is 22.4 Å². The second-order valence-corrected chi connectivity index (χ2v) is 1.76. The number of nitrogens with zero attached hydrogens (tertiary/aromatic N) is 1. The molecule has 1 aromatic rings. The summed E-state index contributed by atoms with van der Waals surface area (Å²) in [7, 11) is 0. The Bertz CT molecular complexity index is 214. The molecule has 0 unspecified atom stereocenters. The third-order valence-electron chi connectivity index (χ3n) is 0.785. The first-order valence-electron chi connectivity index (χ1n) is 2.37. The molecule has 0 aliphatic heterocycles. The Morgan fingerprint density at radius 1 is 1.88 bits per heavy atom. The van der Waals surface area contributed by atoms with Gasteiger partial charge < -0.3 is 4.52 Å². The Kier molecular flexibility index (Phi) is 1.43. The van der Waals surface area contributed by atoms with E-state index in [4.69, 9.17) is 4.52 Å². The highest BCUT2D eigenvalue weighted by Gasteiger charge is 1.91. The van der Waals surface area contributed by atoms with Crippen molar-refractivity contribution >= 4 is 12.2 Å². The van der Waals surface area contributed by atoms with Gasteiger partial charge in [-0.1, -0.05) is 6.92 Å². The van der Waals surface area contributed by atoms with Crippen molar-refractivity contribution in [3.8, 4) is 0 Å². The zero-order valence-electron chi connectivity index (χ0n) is 4.47. The molecule has 44 valence electrons. The van der Waals surface area contributed by atoms with Crippen molar-refractivity contribution in [2.75, 3.05) is 0 Å². The predicted octanol–water partition coefficient (Wildman–Crippen LogP) is 1.29. The van der Waals surface area contributed by atoms with Gasteiger partial charge in [0.25, 0.3) is 0 Å². The van der Waals surface area contributed by atoms with E-state index in [0.29, 0.717) is 10.7 Å². The molecule has 1 aromatic heterocycles. The Balaban J connectivity index is 3.01. The average molecular weight is 130 g/mol. The van der Waals surface area contributed by atoms with E-state index in [9.17, 15) is 0 Å². The number of H-pyrrole nitrogens is 1. The third kappa shape index (κ3) is 0.949. The van der Waals surface area contributed by atoms with Gasteiger partial charge in [-0.25, -0.2) is 0 Å². The molecule has 0 aliphatic rings. The van der Waals surface area contributed by atoms with Crippen LogP contribution in [0.5, 0.6) is 0 Å². The summed E-state index contributed by atoms with van der Waals surface area (Å²) >= 11 is 4.64. The molecule has 8 heavy (non-hydrogen) atoms. The molecule has 0 amide bonds. The second kappa shape index (κ2) is 2.09. The molecular formula is C4H6N2OS. The van der Waals surface area contributed by atoms with E-state index in [1.165, 1.54) is 0 Å². The van der Waals surface area contributed by atoms with Gasteiger partial charge in [-0.15, -0.1) is 0 Å². The van der Waals surface area contributed by atoms with Crippen LogP contribution in [-0.4, -0.2) is 10.1 Å². The molecule has 0 saturated heterocycles. The summed E-state index contributed by atoms with van der Waals surface area (Å²) in [5.74, 6) is 0.662. The third-order valence-corrected chi connectivity index (χ3v) is 0.959. The smallest absolute Gasteiger partial charge is 0.229 e. The van der Waals surface area contributed by atoms with E-state index in [-0.39, 0.29) is 0 Å². The molecule has 0 bridgehead atoms. The second-order valence-electron chi connectivity index (χ2n) is 1.37. The van der Waals surface area contributed by atoms with Gasteiger partial charge in [-0.3, -0.25) is 0 Å². The fraction of sp³-hybridized carbons (Fsp3) is 0.500. The Labute approximate surface area is 51.7 Å².